The standard InChI is InChI=1S/C17H17N4O6P/c22-16-17(23)19-15-12(6-13(20-24)7-14(15)18-16)9-21(10-28(25,26)27)8-11-4-2-1-3-5-11/h1-7H,8-10H2,(H,18,22)(H,19,23)(H2,25,26,27). The van der Waals surface area contributed by atoms with Crippen molar-refractivity contribution in [3.63, 3.8) is 0 Å². The minimum Gasteiger partial charge on any atom is -0.324 e. The Morgan fingerprint density at radius 2 is 1.68 bits per heavy atom. The third-order valence-electron chi connectivity index (χ3n) is 4.03. The molecule has 146 valence electrons. The molecule has 3 aromatic rings. The second kappa shape index (κ2) is 7.99. The van der Waals surface area contributed by atoms with Gasteiger partial charge in [-0.3, -0.25) is 19.1 Å². The predicted octanol–water partition coefficient (Wildman–Crippen LogP) is 1.75. The summed E-state index contributed by atoms with van der Waals surface area (Å²) in [6.07, 6.45) is -0.532. The molecule has 0 saturated heterocycles. The van der Waals surface area contributed by atoms with E-state index in [1.807, 2.05) is 18.2 Å². The van der Waals surface area contributed by atoms with Crippen LogP contribution in [0.4, 0.5) is 5.69 Å². The van der Waals surface area contributed by atoms with Gasteiger partial charge in [-0.15, -0.1) is 4.91 Å². The number of hydrogen-bond donors (Lipinski definition) is 4. The molecule has 28 heavy (non-hydrogen) atoms. The van der Waals surface area contributed by atoms with E-state index in [1.165, 1.54) is 17.0 Å². The average Bonchev–Trinajstić information content (AvgIpc) is 2.62. The van der Waals surface area contributed by atoms with Gasteiger partial charge in [0.2, 0.25) is 0 Å². The number of nitrogens with one attached hydrogen (secondary N) is 2. The van der Waals surface area contributed by atoms with Gasteiger partial charge in [-0.25, -0.2) is 0 Å². The first kappa shape index (κ1) is 19.8. The summed E-state index contributed by atoms with van der Waals surface area (Å²) in [5, 5.41) is 2.86. The molecule has 0 aliphatic rings. The maximum atomic E-state index is 11.7. The van der Waals surface area contributed by atoms with Crippen molar-refractivity contribution < 1.29 is 14.4 Å². The first-order valence-electron chi connectivity index (χ1n) is 8.18. The molecule has 0 aliphatic carbocycles. The smallest absolute Gasteiger partial charge is 0.324 e. The molecular weight excluding hydrogens is 387 g/mol. The van der Waals surface area contributed by atoms with Crippen LogP contribution in [0, 0.1) is 4.91 Å². The fraction of sp³-hybridized carbons (Fsp3) is 0.176. The molecule has 0 unspecified atom stereocenters. The summed E-state index contributed by atoms with van der Waals surface area (Å²) >= 11 is 0. The van der Waals surface area contributed by atoms with Gasteiger partial charge in [0.1, 0.15) is 12.0 Å². The summed E-state index contributed by atoms with van der Waals surface area (Å²) in [5.41, 5.74) is -0.0472. The molecule has 1 aromatic heterocycles. The van der Waals surface area contributed by atoms with E-state index in [0.29, 0.717) is 5.56 Å². The Bertz CT molecular complexity index is 1170. The van der Waals surface area contributed by atoms with E-state index in [1.54, 1.807) is 12.1 Å². The topological polar surface area (TPSA) is 156 Å². The van der Waals surface area contributed by atoms with Gasteiger partial charge in [0.25, 0.3) is 0 Å². The Labute approximate surface area is 158 Å². The highest BCUT2D eigenvalue weighted by Crippen LogP contribution is 2.36. The Morgan fingerprint density at radius 1 is 1.00 bits per heavy atom. The molecule has 1 heterocycles. The molecule has 0 radical (unpaired) electrons. The normalized spacial score (nSPS) is 11.8. The van der Waals surface area contributed by atoms with Crippen molar-refractivity contribution in [2.24, 2.45) is 5.18 Å². The average molecular weight is 404 g/mol. The lowest BCUT2D eigenvalue weighted by atomic mass is 10.1. The van der Waals surface area contributed by atoms with Crippen molar-refractivity contribution >= 4 is 24.3 Å². The van der Waals surface area contributed by atoms with Crippen LogP contribution in [0.1, 0.15) is 11.1 Å². The van der Waals surface area contributed by atoms with Gasteiger partial charge in [0, 0.05) is 13.1 Å². The molecule has 4 N–H and O–H groups in total. The van der Waals surface area contributed by atoms with Gasteiger partial charge in [-0.2, -0.15) is 0 Å². The summed E-state index contributed by atoms with van der Waals surface area (Å²) < 4.78 is 11.6. The summed E-state index contributed by atoms with van der Waals surface area (Å²) in [4.78, 5) is 59.5. The summed E-state index contributed by atoms with van der Waals surface area (Å²) in [6, 6.07) is 11.8. The van der Waals surface area contributed by atoms with E-state index < -0.39 is 25.0 Å². The molecule has 0 fully saturated rings. The van der Waals surface area contributed by atoms with Crippen LogP contribution in [0.5, 0.6) is 0 Å². The van der Waals surface area contributed by atoms with Crippen LogP contribution < -0.4 is 11.1 Å². The molecule has 0 aliphatic heterocycles. The maximum absolute atomic E-state index is 11.7. The molecule has 0 saturated carbocycles. The molecule has 3 rings (SSSR count). The van der Waals surface area contributed by atoms with Crippen LogP contribution in [-0.2, 0) is 17.7 Å². The van der Waals surface area contributed by atoms with Crippen LogP contribution in [0.2, 0.25) is 0 Å². The zero-order valence-electron chi connectivity index (χ0n) is 14.5. The van der Waals surface area contributed by atoms with Crippen molar-refractivity contribution in [3.8, 4) is 0 Å². The first-order valence-corrected chi connectivity index (χ1v) is 9.98. The van der Waals surface area contributed by atoms with Gasteiger partial charge in [0.15, 0.2) is 0 Å². The van der Waals surface area contributed by atoms with Crippen LogP contribution >= 0.6 is 7.60 Å². The number of nitroso groups, excluding NO2 is 1. The van der Waals surface area contributed by atoms with E-state index in [-0.39, 0.29) is 29.8 Å². The van der Waals surface area contributed by atoms with Gasteiger partial charge in [0.05, 0.1) is 11.0 Å². The Morgan fingerprint density at radius 3 is 2.32 bits per heavy atom. The number of aromatic nitrogens is 2. The predicted molar refractivity (Wildman–Crippen MR) is 103 cm³/mol. The lowest BCUT2D eigenvalue weighted by Crippen LogP contribution is -2.30. The molecule has 0 amide bonds. The molecule has 2 aromatic carbocycles. The summed E-state index contributed by atoms with van der Waals surface area (Å²) in [6.45, 7) is 0.224. The molecule has 0 atom stereocenters. The van der Waals surface area contributed by atoms with Crippen LogP contribution in [-0.4, -0.2) is 30.9 Å². The van der Waals surface area contributed by atoms with E-state index in [9.17, 15) is 28.8 Å². The Balaban J connectivity index is 2.05. The van der Waals surface area contributed by atoms with Crippen LogP contribution in [0.15, 0.2) is 57.2 Å². The largest absolute Gasteiger partial charge is 0.339 e. The van der Waals surface area contributed by atoms with Gasteiger partial charge in [-0.05, 0) is 28.4 Å². The van der Waals surface area contributed by atoms with Crippen molar-refractivity contribution in [2.45, 2.75) is 13.1 Å². The molecule has 10 nitrogen and oxygen atoms in total. The lowest BCUT2D eigenvalue weighted by Gasteiger charge is -2.23. The molecule has 0 spiro atoms. The van der Waals surface area contributed by atoms with Crippen molar-refractivity contribution in [2.75, 3.05) is 6.29 Å². The number of hydrogen-bond acceptors (Lipinski definition) is 6. The van der Waals surface area contributed by atoms with Crippen molar-refractivity contribution in [1.29, 1.82) is 0 Å². The molecule has 0 bridgehead atoms. The number of benzene rings is 2. The highest BCUT2D eigenvalue weighted by Gasteiger charge is 2.21. The van der Waals surface area contributed by atoms with E-state index in [2.05, 4.69) is 15.1 Å². The first-order chi connectivity index (χ1) is 13.2. The number of H-pyrrole nitrogens is 2. The van der Waals surface area contributed by atoms with E-state index in [4.69, 9.17) is 0 Å². The zero-order valence-corrected chi connectivity index (χ0v) is 15.4. The maximum Gasteiger partial charge on any atom is 0.339 e. The highest BCUT2D eigenvalue weighted by atomic mass is 31.2. The quantitative estimate of drug-likeness (QED) is 0.265. The number of aromatic amines is 2. The van der Waals surface area contributed by atoms with Crippen LogP contribution in [0.3, 0.4) is 0 Å². The Hall–Kier alpha value is -2.91. The Kier molecular flexibility index (Phi) is 5.66. The van der Waals surface area contributed by atoms with Crippen molar-refractivity contribution in [3.05, 3.63) is 79.2 Å². The number of fused-ring (bicyclic) bond motifs is 1. The second-order valence-corrected chi connectivity index (χ2v) is 7.92. The minimum absolute atomic E-state index is 0.00183. The lowest BCUT2D eigenvalue weighted by molar-refractivity contribution is 0.263. The zero-order chi connectivity index (χ0) is 20.3. The third kappa shape index (κ3) is 4.87. The van der Waals surface area contributed by atoms with Gasteiger partial charge in [-0.1, -0.05) is 30.3 Å². The molecule has 11 heteroatoms. The summed E-state index contributed by atoms with van der Waals surface area (Å²) in [7, 11) is -4.38. The number of nitrogens with zero attached hydrogens (tertiary/aromatic N) is 2. The fourth-order valence-electron chi connectivity index (χ4n) is 2.96. The van der Waals surface area contributed by atoms with Crippen LogP contribution in [0.25, 0.3) is 11.0 Å². The van der Waals surface area contributed by atoms with E-state index in [0.717, 1.165) is 5.56 Å². The fourth-order valence-corrected chi connectivity index (χ4v) is 3.68. The third-order valence-corrected chi connectivity index (χ3v) is 4.80. The SMILES string of the molecule is O=Nc1cc(CN(Cc2ccccc2)CP(=O)(O)O)c2[nH]c(=O)c(=O)[nH]c2c1. The monoisotopic (exact) mass is 404 g/mol. The van der Waals surface area contributed by atoms with Crippen molar-refractivity contribution in [1.82, 2.24) is 14.9 Å². The highest BCUT2D eigenvalue weighted by molar-refractivity contribution is 7.51. The molecular formula is C17H17N4O6P. The second-order valence-electron chi connectivity index (χ2n) is 6.31. The number of rotatable bonds is 7. The van der Waals surface area contributed by atoms with Gasteiger partial charge >= 0.3 is 18.7 Å². The van der Waals surface area contributed by atoms with E-state index >= 15 is 0 Å². The minimum atomic E-state index is -4.38. The summed E-state index contributed by atoms with van der Waals surface area (Å²) in [5.74, 6) is 0. The van der Waals surface area contributed by atoms with Gasteiger partial charge < -0.3 is 19.8 Å².